The largest absolute Gasteiger partial charge is 0.507 e. The maximum Gasteiger partial charge on any atom is 0.271 e. The van der Waals surface area contributed by atoms with Crippen LogP contribution in [0.5, 0.6) is 11.5 Å². The Labute approximate surface area is 185 Å². The van der Waals surface area contributed by atoms with Crippen molar-refractivity contribution in [1.82, 2.24) is 5.43 Å². The summed E-state index contributed by atoms with van der Waals surface area (Å²) in [6, 6.07) is 8.86. The average molecular weight is 507 g/mol. The Hall–Kier alpha value is -2.29. The number of hydrogen-bond acceptors (Lipinski definition) is 5. The van der Waals surface area contributed by atoms with E-state index in [-0.39, 0.29) is 17.2 Å². The molecule has 0 spiro atoms. The average Bonchev–Trinajstić information content (AvgIpc) is 2.67. The van der Waals surface area contributed by atoms with Gasteiger partial charge in [-0.15, -0.1) is 0 Å². The van der Waals surface area contributed by atoms with Crippen LogP contribution in [-0.4, -0.2) is 36.9 Å². The quantitative estimate of drug-likeness (QED) is 0.364. The van der Waals surface area contributed by atoms with Crippen LogP contribution in [0.2, 0.25) is 0 Å². The van der Waals surface area contributed by atoms with Crippen LogP contribution in [0.1, 0.15) is 54.6 Å². The molecule has 1 unspecified atom stereocenters. The molecule has 6 nitrogen and oxygen atoms in total. The third kappa shape index (κ3) is 4.34. The molecule has 7 heteroatoms. The highest BCUT2D eigenvalue weighted by Gasteiger charge is 2.34. The number of hydrogen-bond donors (Lipinski definition) is 2. The SMILES string of the molecule is COc1cc2c(cc1/C=N\NC(=O)c1ccc(I)c(O)c1)C(C)CC(C)(C)N2C. The highest BCUT2D eigenvalue weighted by atomic mass is 127. The van der Waals surface area contributed by atoms with E-state index in [1.165, 1.54) is 11.6 Å². The fourth-order valence-electron chi connectivity index (χ4n) is 3.77. The number of aromatic hydroxyl groups is 1. The summed E-state index contributed by atoms with van der Waals surface area (Å²) in [5.74, 6) is 0.781. The molecule has 3 rings (SSSR count). The van der Waals surface area contributed by atoms with Crippen LogP contribution in [0.15, 0.2) is 35.4 Å². The van der Waals surface area contributed by atoms with Crippen molar-refractivity contribution in [3.05, 3.63) is 50.6 Å². The molecule has 0 aromatic heterocycles. The number of phenolic OH excluding ortho intramolecular Hbond substituents is 1. The van der Waals surface area contributed by atoms with E-state index in [0.29, 0.717) is 20.8 Å². The number of nitrogens with zero attached hydrogens (tertiary/aromatic N) is 2. The van der Waals surface area contributed by atoms with Crippen LogP contribution >= 0.6 is 22.6 Å². The van der Waals surface area contributed by atoms with Crippen LogP contribution in [0.25, 0.3) is 0 Å². The monoisotopic (exact) mass is 507 g/mol. The van der Waals surface area contributed by atoms with E-state index >= 15 is 0 Å². The van der Waals surface area contributed by atoms with E-state index in [0.717, 1.165) is 17.7 Å². The Morgan fingerprint density at radius 1 is 1.38 bits per heavy atom. The summed E-state index contributed by atoms with van der Waals surface area (Å²) < 4.78 is 6.25. The van der Waals surface area contributed by atoms with Gasteiger partial charge in [0.1, 0.15) is 11.5 Å². The van der Waals surface area contributed by atoms with Gasteiger partial charge in [0.05, 0.1) is 16.9 Å². The normalized spacial score (nSPS) is 17.9. The van der Waals surface area contributed by atoms with E-state index in [9.17, 15) is 9.90 Å². The Kier molecular flexibility index (Phi) is 6.07. The molecule has 0 bridgehead atoms. The number of methoxy groups -OCH3 is 1. The summed E-state index contributed by atoms with van der Waals surface area (Å²) in [5, 5.41) is 13.9. The second kappa shape index (κ2) is 8.22. The van der Waals surface area contributed by atoms with Gasteiger partial charge >= 0.3 is 0 Å². The number of nitrogens with one attached hydrogen (secondary N) is 1. The molecule has 1 amide bonds. The smallest absolute Gasteiger partial charge is 0.271 e. The van der Waals surface area contributed by atoms with E-state index in [2.05, 4.69) is 49.3 Å². The highest BCUT2D eigenvalue weighted by Crippen LogP contribution is 2.44. The lowest BCUT2D eigenvalue weighted by molar-refractivity contribution is 0.0954. The number of benzene rings is 2. The number of carbonyl (C=O) groups is 1. The van der Waals surface area contributed by atoms with E-state index < -0.39 is 0 Å². The first-order chi connectivity index (χ1) is 13.6. The molecule has 0 saturated heterocycles. The van der Waals surface area contributed by atoms with Crippen LogP contribution in [0.3, 0.4) is 0 Å². The molecular formula is C22H26IN3O3. The number of rotatable bonds is 4. The van der Waals surface area contributed by atoms with Gasteiger partial charge in [0, 0.05) is 35.5 Å². The third-order valence-corrected chi connectivity index (χ3v) is 6.48. The zero-order chi connectivity index (χ0) is 21.3. The Balaban J connectivity index is 1.84. The lowest BCUT2D eigenvalue weighted by Gasteiger charge is -2.45. The van der Waals surface area contributed by atoms with Gasteiger partial charge in [-0.3, -0.25) is 4.79 Å². The first kappa shape index (κ1) is 21.4. The van der Waals surface area contributed by atoms with Crippen LogP contribution in [-0.2, 0) is 0 Å². The lowest BCUT2D eigenvalue weighted by atomic mass is 9.80. The van der Waals surface area contributed by atoms with E-state index in [1.54, 1.807) is 25.5 Å². The summed E-state index contributed by atoms with van der Waals surface area (Å²) in [7, 11) is 3.73. The second-order valence-corrected chi connectivity index (χ2v) is 9.16. The summed E-state index contributed by atoms with van der Waals surface area (Å²) in [6.07, 6.45) is 2.64. The van der Waals surface area contributed by atoms with Crippen LogP contribution in [0.4, 0.5) is 5.69 Å². The van der Waals surface area contributed by atoms with Crippen molar-refractivity contribution in [2.45, 2.75) is 38.6 Å². The zero-order valence-electron chi connectivity index (χ0n) is 17.3. The molecule has 0 aliphatic carbocycles. The zero-order valence-corrected chi connectivity index (χ0v) is 19.4. The molecule has 29 heavy (non-hydrogen) atoms. The molecule has 2 aromatic carbocycles. The fraction of sp³-hybridized carbons (Fsp3) is 0.364. The number of ether oxygens (including phenoxy) is 1. The Bertz CT molecular complexity index is 972. The molecule has 1 heterocycles. The number of amides is 1. The Morgan fingerprint density at radius 3 is 2.76 bits per heavy atom. The minimum atomic E-state index is -0.389. The molecule has 1 atom stereocenters. The number of carbonyl (C=O) groups excluding carboxylic acids is 1. The summed E-state index contributed by atoms with van der Waals surface area (Å²) in [5.41, 5.74) is 6.12. The van der Waals surface area contributed by atoms with Gasteiger partial charge in [-0.25, -0.2) is 5.43 Å². The van der Waals surface area contributed by atoms with Gasteiger partial charge in [-0.05, 0) is 78.6 Å². The van der Waals surface area contributed by atoms with Gasteiger partial charge in [0.15, 0.2) is 0 Å². The maximum absolute atomic E-state index is 12.3. The molecule has 154 valence electrons. The molecule has 1 aliphatic rings. The maximum atomic E-state index is 12.3. The third-order valence-electron chi connectivity index (χ3n) is 5.56. The second-order valence-electron chi connectivity index (χ2n) is 7.99. The molecule has 0 saturated carbocycles. The minimum Gasteiger partial charge on any atom is -0.507 e. The van der Waals surface area contributed by atoms with Crippen molar-refractivity contribution in [2.75, 3.05) is 19.1 Å². The van der Waals surface area contributed by atoms with Crippen molar-refractivity contribution in [3.8, 4) is 11.5 Å². The van der Waals surface area contributed by atoms with Crippen molar-refractivity contribution in [2.24, 2.45) is 5.10 Å². The van der Waals surface area contributed by atoms with Gasteiger partial charge in [-0.2, -0.15) is 5.10 Å². The van der Waals surface area contributed by atoms with Gasteiger partial charge < -0.3 is 14.7 Å². The number of fused-ring (bicyclic) bond motifs is 1. The predicted octanol–water partition coefficient (Wildman–Crippen LogP) is 4.49. The standard InChI is InChI=1S/C22H26IN3O3/c1-13-11-22(2,3)26(4)18-10-20(29-5)15(8-16(13)18)12-24-25-21(28)14-6-7-17(23)19(27)9-14/h6-10,12-13,27H,11H2,1-5H3,(H,25,28)/b24-12-. The lowest BCUT2D eigenvalue weighted by Crippen LogP contribution is -2.45. The summed E-state index contributed by atoms with van der Waals surface area (Å²) in [6.45, 7) is 6.71. The number of halogens is 1. The van der Waals surface area contributed by atoms with Gasteiger partial charge in [-0.1, -0.05) is 6.92 Å². The van der Waals surface area contributed by atoms with E-state index in [4.69, 9.17) is 4.74 Å². The molecule has 0 radical (unpaired) electrons. The van der Waals surface area contributed by atoms with Crippen molar-refractivity contribution < 1.29 is 14.6 Å². The molecule has 2 aromatic rings. The van der Waals surface area contributed by atoms with Crippen molar-refractivity contribution >= 4 is 40.4 Å². The van der Waals surface area contributed by atoms with Crippen LogP contribution in [0, 0.1) is 3.57 Å². The molecule has 2 N–H and O–H groups in total. The van der Waals surface area contributed by atoms with Crippen molar-refractivity contribution in [1.29, 1.82) is 0 Å². The van der Waals surface area contributed by atoms with Crippen molar-refractivity contribution in [3.63, 3.8) is 0 Å². The molecule has 1 aliphatic heterocycles. The number of phenols is 1. The van der Waals surface area contributed by atoms with Crippen LogP contribution < -0.4 is 15.1 Å². The number of anilines is 1. The molecular weight excluding hydrogens is 481 g/mol. The van der Waals surface area contributed by atoms with Gasteiger partial charge in [0.25, 0.3) is 5.91 Å². The van der Waals surface area contributed by atoms with E-state index in [1.807, 2.05) is 28.7 Å². The first-order valence-electron chi connectivity index (χ1n) is 9.41. The first-order valence-corrected chi connectivity index (χ1v) is 10.5. The molecule has 0 fully saturated rings. The topological polar surface area (TPSA) is 74.2 Å². The Morgan fingerprint density at radius 2 is 2.10 bits per heavy atom. The summed E-state index contributed by atoms with van der Waals surface area (Å²) in [4.78, 5) is 14.6. The van der Waals surface area contributed by atoms with Gasteiger partial charge in [0.2, 0.25) is 0 Å². The minimum absolute atomic E-state index is 0.0691. The highest BCUT2D eigenvalue weighted by molar-refractivity contribution is 14.1. The predicted molar refractivity (Wildman–Crippen MR) is 124 cm³/mol. The fourth-order valence-corrected chi connectivity index (χ4v) is 4.10. The number of hydrazone groups is 1. The summed E-state index contributed by atoms with van der Waals surface area (Å²) >= 11 is 2.00.